The summed E-state index contributed by atoms with van der Waals surface area (Å²) in [6.45, 7) is 1.22. The number of anilines is 1. The van der Waals surface area contributed by atoms with Crippen molar-refractivity contribution in [2.24, 2.45) is 5.73 Å². The molecule has 6 nitrogen and oxygen atoms in total. The summed E-state index contributed by atoms with van der Waals surface area (Å²) in [6, 6.07) is 14.7. The van der Waals surface area contributed by atoms with Gasteiger partial charge in [0.15, 0.2) is 0 Å². The second kappa shape index (κ2) is 8.53. The molecule has 1 heterocycles. The Morgan fingerprint density at radius 2 is 1.73 bits per heavy atom. The molecular formula is C18H22ClN3O3S. The second-order valence-corrected chi connectivity index (χ2v) is 7.83. The van der Waals surface area contributed by atoms with Crippen molar-refractivity contribution in [2.45, 2.75) is 23.8 Å². The molecular weight excluding hydrogens is 374 g/mol. The summed E-state index contributed by atoms with van der Waals surface area (Å²) >= 11 is 0. The van der Waals surface area contributed by atoms with Crippen molar-refractivity contribution < 1.29 is 13.2 Å². The average molecular weight is 396 g/mol. The Bertz CT molecular complexity index is 842. The first-order valence-corrected chi connectivity index (χ1v) is 9.67. The van der Waals surface area contributed by atoms with Crippen LogP contribution in [0.25, 0.3) is 0 Å². The number of para-hydroxylation sites is 1. The van der Waals surface area contributed by atoms with Gasteiger partial charge in [-0.3, -0.25) is 9.52 Å². The second-order valence-electron chi connectivity index (χ2n) is 6.15. The van der Waals surface area contributed by atoms with Crippen LogP contribution in [-0.2, 0) is 10.0 Å². The Balaban J connectivity index is 0.00000243. The molecule has 2 aromatic carbocycles. The molecule has 0 bridgehead atoms. The van der Waals surface area contributed by atoms with E-state index in [4.69, 9.17) is 5.73 Å². The molecule has 8 heteroatoms. The van der Waals surface area contributed by atoms with Gasteiger partial charge in [-0.25, -0.2) is 8.42 Å². The Hall–Kier alpha value is -2.09. The molecule has 1 atom stereocenters. The Kier molecular flexibility index (Phi) is 6.63. The molecule has 1 aliphatic rings. The minimum atomic E-state index is -3.68. The van der Waals surface area contributed by atoms with Crippen LogP contribution in [0.15, 0.2) is 59.5 Å². The first-order chi connectivity index (χ1) is 12.0. The van der Waals surface area contributed by atoms with Crippen LogP contribution < -0.4 is 10.5 Å². The van der Waals surface area contributed by atoms with E-state index < -0.39 is 10.0 Å². The summed E-state index contributed by atoms with van der Waals surface area (Å²) in [6.07, 6.45) is 1.81. The molecule has 1 saturated heterocycles. The molecule has 1 fully saturated rings. The topological polar surface area (TPSA) is 92.5 Å². The molecule has 0 saturated carbocycles. The van der Waals surface area contributed by atoms with Crippen molar-refractivity contribution in [3.8, 4) is 0 Å². The number of nitrogens with two attached hydrogens (primary N) is 1. The molecule has 0 aromatic heterocycles. The molecule has 1 amide bonds. The Morgan fingerprint density at radius 1 is 1.08 bits per heavy atom. The highest BCUT2D eigenvalue weighted by Crippen LogP contribution is 2.18. The van der Waals surface area contributed by atoms with Crippen LogP contribution in [0.5, 0.6) is 0 Å². The maximum atomic E-state index is 12.5. The Morgan fingerprint density at radius 3 is 2.35 bits per heavy atom. The molecule has 2 aromatic rings. The number of carbonyl (C=O) groups is 1. The standard InChI is InChI=1S/C18H21N3O3S.ClH/c19-15-5-4-12-21(13-15)18(22)14-8-10-17(11-9-14)25(23,24)20-16-6-2-1-3-7-16;/h1-3,6-11,15,20H,4-5,12-13,19H2;1H. The van der Waals surface area contributed by atoms with Crippen LogP contribution in [0.2, 0.25) is 0 Å². The lowest BCUT2D eigenvalue weighted by Crippen LogP contribution is -2.45. The van der Waals surface area contributed by atoms with Crippen molar-refractivity contribution in [2.75, 3.05) is 17.8 Å². The van der Waals surface area contributed by atoms with Gasteiger partial charge in [0.05, 0.1) is 4.90 Å². The van der Waals surface area contributed by atoms with E-state index in [2.05, 4.69) is 4.72 Å². The van der Waals surface area contributed by atoms with E-state index in [9.17, 15) is 13.2 Å². The van der Waals surface area contributed by atoms with E-state index in [1.54, 1.807) is 41.3 Å². The van der Waals surface area contributed by atoms with Gasteiger partial charge in [0.1, 0.15) is 0 Å². The lowest BCUT2D eigenvalue weighted by atomic mass is 10.1. The number of amides is 1. The summed E-state index contributed by atoms with van der Waals surface area (Å²) in [7, 11) is -3.68. The number of nitrogens with one attached hydrogen (secondary N) is 1. The lowest BCUT2D eigenvalue weighted by molar-refractivity contribution is 0.0708. The van der Waals surface area contributed by atoms with E-state index in [0.29, 0.717) is 24.3 Å². The van der Waals surface area contributed by atoms with Crippen molar-refractivity contribution in [1.82, 2.24) is 4.90 Å². The molecule has 0 spiro atoms. The van der Waals surface area contributed by atoms with E-state index in [1.807, 2.05) is 6.07 Å². The molecule has 0 aliphatic carbocycles. The minimum Gasteiger partial charge on any atom is -0.337 e. The summed E-state index contributed by atoms with van der Waals surface area (Å²) in [5, 5.41) is 0. The van der Waals surface area contributed by atoms with Gasteiger partial charge in [-0.1, -0.05) is 18.2 Å². The molecule has 3 N–H and O–H groups in total. The third-order valence-electron chi connectivity index (χ3n) is 4.18. The zero-order chi connectivity index (χ0) is 17.9. The number of hydrogen-bond acceptors (Lipinski definition) is 4. The van der Waals surface area contributed by atoms with E-state index in [0.717, 1.165) is 12.8 Å². The number of halogens is 1. The number of nitrogens with zero attached hydrogens (tertiary/aromatic N) is 1. The van der Waals surface area contributed by atoms with Crippen LogP contribution >= 0.6 is 12.4 Å². The van der Waals surface area contributed by atoms with Crippen LogP contribution in [0.1, 0.15) is 23.2 Å². The largest absolute Gasteiger partial charge is 0.337 e. The lowest BCUT2D eigenvalue weighted by Gasteiger charge is -2.30. The highest BCUT2D eigenvalue weighted by Gasteiger charge is 2.23. The van der Waals surface area contributed by atoms with Gasteiger partial charge in [-0.05, 0) is 49.2 Å². The number of likely N-dealkylation sites (tertiary alicyclic amines) is 1. The molecule has 3 rings (SSSR count). The van der Waals surface area contributed by atoms with Gasteiger partial charge in [0, 0.05) is 30.4 Å². The van der Waals surface area contributed by atoms with Gasteiger partial charge in [0.25, 0.3) is 15.9 Å². The monoisotopic (exact) mass is 395 g/mol. The third kappa shape index (κ3) is 4.75. The van der Waals surface area contributed by atoms with Crippen LogP contribution in [0, 0.1) is 0 Å². The Labute approximate surface area is 159 Å². The van der Waals surface area contributed by atoms with E-state index in [1.165, 1.54) is 12.1 Å². The molecule has 140 valence electrons. The zero-order valence-electron chi connectivity index (χ0n) is 14.2. The highest BCUT2D eigenvalue weighted by molar-refractivity contribution is 7.92. The van der Waals surface area contributed by atoms with Gasteiger partial charge >= 0.3 is 0 Å². The fourth-order valence-electron chi connectivity index (χ4n) is 2.87. The SMILES string of the molecule is Cl.NC1CCCN(C(=O)c2ccc(S(=O)(=O)Nc3ccccc3)cc2)C1. The fourth-order valence-corrected chi connectivity index (χ4v) is 3.93. The van der Waals surface area contributed by atoms with E-state index in [-0.39, 0.29) is 29.3 Å². The zero-order valence-corrected chi connectivity index (χ0v) is 15.8. The maximum absolute atomic E-state index is 12.5. The van der Waals surface area contributed by atoms with Gasteiger partial charge in [0.2, 0.25) is 0 Å². The van der Waals surface area contributed by atoms with E-state index >= 15 is 0 Å². The molecule has 1 aliphatic heterocycles. The van der Waals surface area contributed by atoms with Crippen molar-refractivity contribution in [3.05, 3.63) is 60.2 Å². The normalized spacial score (nSPS) is 17.3. The number of benzene rings is 2. The number of sulfonamides is 1. The summed E-state index contributed by atoms with van der Waals surface area (Å²) in [5.74, 6) is -0.116. The van der Waals surface area contributed by atoms with Crippen molar-refractivity contribution >= 4 is 34.0 Å². The summed E-state index contributed by atoms with van der Waals surface area (Å²) in [4.78, 5) is 14.3. The smallest absolute Gasteiger partial charge is 0.261 e. The van der Waals surface area contributed by atoms with Gasteiger partial charge < -0.3 is 10.6 Å². The first kappa shape index (κ1) is 20.2. The fraction of sp³-hybridized carbons (Fsp3) is 0.278. The maximum Gasteiger partial charge on any atom is 0.261 e. The quantitative estimate of drug-likeness (QED) is 0.831. The van der Waals surface area contributed by atoms with Gasteiger partial charge in [-0.2, -0.15) is 0 Å². The summed E-state index contributed by atoms with van der Waals surface area (Å²) < 4.78 is 27.3. The average Bonchev–Trinajstić information content (AvgIpc) is 2.62. The number of hydrogen-bond donors (Lipinski definition) is 2. The highest BCUT2D eigenvalue weighted by atomic mass is 35.5. The van der Waals surface area contributed by atoms with Gasteiger partial charge in [-0.15, -0.1) is 12.4 Å². The number of piperidine rings is 1. The van der Waals surface area contributed by atoms with Crippen molar-refractivity contribution in [1.29, 1.82) is 0 Å². The van der Waals surface area contributed by atoms with Crippen LogP contribution in [0.4, 0.5) is 5.69 Å². The minimum absolute atomic E-state index is 0. The first-order valence-electron chi connectivity index (χ1n) is 8.18. The van der Waals surface area contributed by atoms with Crippen LogP contribution in [-0.4, -0.2) is 38.4 Å². The predicted molar refractivity (Wildman–Crippen MR) is 104 cm³/mol. The van der Waals surface area contributed by atoms with Crippen molar-refractivity contribution in [3.63, 3.8) is 0 Å². The summed E-state index contributed by atoms with van der Waals surface area (Å²) in [5.41, 5.74) is 6.87. The third-order valence-corrected chi connectivity index (χ3v) is 5.58. The number of rotatable bonds is 4. The predicted octanol–water partition coefficient (Wildman–Crippen LogP) is 2.47. The molecule has 1 unspecified atom stereocenters. The number of carbonyl (C=O) groups excluding carboxylic acids is 1. The molecule has 26 heavy (non-hydrogen) atoms. The van der Waals surface area contributed by atoms with Crippen LogP contribution in [0.3, 0.4) is 0 Å². The molecule has 0 radical (unpaired) electrons.